The van der Waals surface area contributed by atoms with Crippen LogP contribution in [0.1, 0.15) is 51.3 Å². The molecule has 1 aliphatic rings. The standard InChI is InChI=1S/C13H22N2/c1-10(2)11-5-4-6-12(9-11)13-14-7-8-15(13)3/h7-8,10-12H,4-6,9H2,1-3H3/t11?,12-/m1/s1. The van der Waals surface area contributed by atoms with Crippen LogP contribution in [0.15, 0.2) is 12.4 Å². The van der Waals surface area contributed by atoms with Crippen LogP contribution >= 0.6 is 0 Å². The summed E-state index contributed by atoms with van der Waals surface area (Å²) in [5.41, 5.74) is 0. The smallest absolute Gasteiger partial charge is 0.111 e. The second kappa shape index (κ2) is 4.38. The molecule has 0 radical (unpaired) electrons. The fraction of sp³-hybridized carbons (Fsp3) is 0.769. The van der Waals surface area contributed by atoms with Gasteiger partial charge in [-0.25, -0.2) is 4.98 Å². The topological polar surface area (TPSA) is 17.8 Å². The Morgan fingerprint density at radius 3 is 2.80 bits per heavy atom. The third kappa shape index (κ3) is 2.24. The summed E-state index contributed by atoms with van der Waals surface area (Å²) in [6, 6.07) is 0. The number of aromatic nitrogens is 2. The fourth-order valence-corrected chi connectivity index (χ4v) is 2.84. The first kappa shape index (κ1) is 10.7. The van der Waals surface area contributed by atoms with Crippen LogP contribution < -0.4 is 0 Å². The number of aryl methyl sites for hydroxylation is 1. The van der Waals surface area contributed by atoms with E-state index in [0.717, 1.165) is 11.8 Å². The minimum atomic E-state index is 0.700. The van der Waals surface area contributed by atoms with Crippen LogP contribution in [-0.2, 0) is 7.05 Å². The summed E-state index contributed by atoms with van der Waals surface area (Å²) >= 11 is 0. The third-order valence-corrected chi connectivity index (χ3v) is 3.88. The van der Waals surface area contributed by atoms with E-state index in [4.69, 9.17) is 0 Å². The highest BCUT2D eigenvalue weighted by atomic mass is 15.0. The first-order valence-corrected chi connectivity index (χ1v) is 6.15. The zero-order valence-corrected chi connectivity index (χ0v) is 10.1. The van der Waals surface area contributed by atoms with Crippen LogP contribution in [0.3, 0.4) is 0 Å². The molecule has 1 fully saturated rings. The minimum absolute atomic E-state index is 0.700. The van der Waals surface area contributed by atoms with Crippen molar-refractivity contribution < 1.29 is 0 Å². The van der Waals surface area contributed by atoms with Crippen molar-refractivity contribution in [2.75, 3.05) is 0 Å². The molecule has 1 aliphatic carbocycles. The summed E-state index contributed by atoms with van der Waals surface area (Å²) in [6.45, 7) is 4.71. The molecule has 1 saturated carbocycles. The van der Waals surface area contributed by atoms with Gasteiger partial charge in [0.1, 0.15) is 5.82 Å². The molecule has 15 heavy (non-hydrogen) atoms. The van der Waals surface area contributed by atoms with E-state index in [1.54, 1.807) is 0 Å². The molecule has 1 aromatic rings. The van der Waals surface area contributed by atoms with E-state index in [0.29, 0.717) is 5.92 Å². The lowest BCUT2D eigenvalue weighted by Gasteiger charge is -2.31. The quantitative estimate of drug-likeness (QED) is 0.725. The first-order valence-electron chi connectivity index (χ1n) is 6.15. The lowest BCUT2D eigenvalue weighted by Crippen LogP contribution is -2.20. The molecule has 84 valence electrons. The van der Waals surface area contributed by atoms with Crippen LogP contribution in [0.5, 0.6) is 0 Å². The number of imidazole rings is 1. The van der Waals surface area contributed by atoms with E-state index >= 15 is 0 Å². The summed E-state index contributed by atoms with van der Waals surface area (Å²) < 4.78 is 2.19. The lowest BCUT2D eigenvalue weighted by molar-refractivity contribution is 0.248. The van der Waals surface area contributed by atoms with Crippen molar-refractivity contribution in [1.29, 1.82) is 0 Å². The van der Waals surface area contributed by atoms with Gasteiger partial charge in [-0.3, -0.25) is 0 Å². The predicted molar refractivity (Wildman–Crippen MR) is 62.7 cm³/mol. The van der Waals surface area contributed by atoms with Crippen molar-refractivity contribution in [3.63, 3.8) is 0 Å². The molecule has 0 amide bonds. The highest BCUT2D eigenvalue weighted by molar-refractivity contribution is 5.02. The van der Waals surface area contributed by atoms with Crippen LogP contribution in [0.2, 0.25) is 0 Å². The molecule has 0 N–H and O–H groups in total. The van der Waals surface area contributed by atoms with Gasteiger partial charge in [0.25, 0.3) is 0 Å². The number of nitrogens with zero attached hydrogens (tertiary/aromatic N) is 2. The van der Waals surface area contributed by atoms with Gasteiger partial charge in [-0.15, -0.1) is 0 Å². The van der Waals surface area contributed by atoms with Crippen molar-refractivity contribution in [1.82, 2.24) is 9.55 Å². The van der Waals surface area contributed by atoms with Crippen molar-refractivity contribution in [3.05, 3.63) is 18.2 Å². The van der Waals surface area contributed by atoms with Gasteiger partial charge in [0.2, 0.25) is 0 Å². The summed E-state index contributed by atoms with van der Waals surface area (Å²) in [4.78, 5) is 4.50. The molecular weight excluding hydrogens is 184 g/mol. The SMILES string of the molecule is CC(C)C1CCC[C@@H](c2nccn2C)C1. The molecule has 0 aromatic carbocycles. The predicted octanol–water partition coefficient (Wildman–Crippen LogP) is 3.35. The van der Waals surface area contributed by atoms with Gasteiger partial charge in [0.15, 0.2) is 0 Å². The van der Waals surface area contributed by atoms with E-state index in [9.17, 15) is 0 Å². The average Bonchev–Trinajstić information content (AvgIpc) is 2.64. The Morgan fingerprint density at radius 1 is 1.40 bits per heavy atom. The van der Waals surface area contributed by atoms with Crippen molar-refractivity contribution in [2.24, 2.45) is 18.9 Å². The van der Waals surface area contributed by atoms with E-state index < -0.39 is 0 Å². The number of rotatable bonds is 2. The van der Waals surface area contributed by atoms with Gasteiger partial charge in [-0.2, -0.15) is 0 Å². The van der Waals surface area contributed by atoms with Crippen LogP contribution in [0, 0.1) is 11.8 Å². The highest BCUT2D eigenvalue weighted by Gasteiger charge is 2.27. The minimum Gasteiger partial charge on any atom is -0.338 e. The van der Waals surface area contributed by atoms with Gasteiger partial charge < -0.3 is 4.57 Å². The van der Waals surface area contributed by atoms with E-state index in [2.05, 4.69) is 36.6 Å². The van der Waals surface area contributed by atoms with Gasteiger partial charge >= 0.3 is 0 Å². The number of hydrogen-bond donors (Lipinski definition) is 0. The summed E-state index contributed by atoms with van der Waals surface area (Å²) in [7, 11) is 2.11. The molecule has 0 bridgehead atoms. The van der Waals surface area contributed by atoms with E-state index in [1.165, 1.54) is 31.5 Å². The second-order valence-corrected chi connectivity index (χ2v) is 5.26. The zero-order valence-electron chi connectivity index (χ0n) is 10.1. The van der Waals surface area contributed by atoms with Gasteiger partial charge in [0.05, 0.1) is 0 Å². The van der Waals surface area contributed by atoms with Crippen molar-refractivity contribution in [2.45, 2.75) is 45.4 Å². The Hall–Kier alpha value is -0.790. The third-order valence-electron chi connectivity index (χ3n) is 3.88. The average molecular weight is 206 g/mol. The Balaban J connectivity index is 2.08. The van der Waals surface area contributed by atoms with Gasteiger partial charge in [0, 0.05) is 25.4 Å². The summed E-state index contributed by atoms with van der Waals surface area (Å²) in [5, 5.41) is 0. The molecule has 2 heteroatoms. The molecule has 0 spiro atoms. The Kier molecular flexibility index (Phi) is 3.13. The molecule has 1 heterocycles. The molecule has 0 saturated heterocycles. The molecular formula is C13H22N2. The first-order chi connectivity index (χ1) is 7.18. The van der Waals surface area contributed by atoms with Gasteiger partial charge in [-0.1, -0.05) is 26.7 Å². The van der Waals surface area contributed by atoms with Crippen LogP contribution in [-0.4, -0.2) is 9.55 Å². The maximum Gasteiger partial charge on any atom is 0.111 e. The maximum atomic E-state index is 4.50. The zero-order chi connectivity index (χ0) is 10.8. The Morgan fingerprint density at radius 2 is 2.20 bits per heavy atom. The molecule has 0 aliphatic heterocycles. The monoisotopic (exact) mass is 206 g/mol. The van der Waals surface area contributed by atoms with Crippen LogP contribution in [0.25, 0.3) is 0 Å². The summed E-state index contributed by atoms with van der Waals surface area (Å²) in [6.07, 6.45) is 9.44. The molecule has 2 atom stereocenters. The van der Waals surface area contributed by atoms with Crippen molar-refractivity contribution in [3.8, 4) is 0 Å². The molecule has 1 aromatic heterocycles. The van der Waals surface area contributed by atoms with Crippen molar-refractivity contribution >= 4 is 0 Å². The van der Waals surface area contributed by atoms with E-state index in [1.807, 2.05) is 6.20 Å². The Bertz CT molecular complexity index is 314. The van der Waals surface area contributed by atoms with Crippen LogP contribution in [0.4, 0.5) is 0 Å². The maximum absolute atomic E-state index is 4.50. The number of hydrogen-bond acceptors (Lipinski definition) is 1. The fourth-order valence-electron chi connectivity index (χ4n) is 2.84. The molecule has 2 rings (SSSR count). The van der Waals surface area contributed by atoms with Gasteiger partial charge in [-0.05, 0) is 24.7 Å². The molecule has 2 nitrogen and oxygen atoms in total. The Labute approximate surface area is 92.7 Å². The normalized spacial score (nSPS) is 27.2. The van der Waals surface area contributed by atoms with E-state index in [-0.39, 0.29) is 0 Å². The molecule has 1 unspecified atom stereocenters. The largest absolute Gasteiger partial charge is 0.338 e. The summed E-state index contributed by atoms with van der Waals surface area (Å²) in [5.74, 6) is 3.72. The highest BCUT2D eigenvalue weighted by Crippen LogP contribution is 2.38. The second-order valence-electron chi connectivity index (χ2n) is 5.26. The lowest BCUT2D eigenvalue weighted by atomic mass is 9.76.